The lowest BCUT2D eigenvalue weighted by Gasteiger charge is -2.25. The summed E-state index contributed by atoms with van der Waals surface area (Å²) in [4.78, 5) is 26.2. The van der Waals surface area contributed by atoms with Gasteiger partial charge in [-0.2, -0.15) is 5.26 Å². The molecule has 0 saturated carbocycles. The van der Waals surface area contributed by atoms with E-state index in [1.54, 1.807) is 61.5 Å². The van der Waals surface area contributed by atoms with Crippen molar-refractivity contribution in [3.05, 3.63) is 94.8 Å². The fourth-order valence-electron chi connectivity index (χ4n) is 3.66. The van der Waals surface area contributed by atoms with Crippen LogP contribution < -0.4 is 20.5 Å². The highest BCUT2D eigenvalue weighted by molar-refractivity contribution is 7.07. The van der Waals surface area contributed by atoms with Crippen LogP contribution in [-0.2, 0) is 9.53 Å². The van der Waals surface area contributed by atoms with Crippen LogP contribution in [0.15, 0.2) is 58.9 Å². The number of fused-ring (bicyclic) bond motifs is 1. The fourth-order valence-corrected chi connectivity index (χ4v) is 5.04. The van der Waals surface area contributed by atoms with Gasteiger partial charge in [-0.3, -0.25) is 9.36 Å². The van der Waals surface area contributed by atoms with E-state index in [2.05, 4.69) is 6.07 Å². The highest BCUT2D eigenvalue weighted by Crippen LogP contribution is 2.37. The van der Waals surface area contributed by atoms with Gasteiger partial charge in [0.1, 0.15) is 10.5 Å². The first-order valence-electron chi connectivity index (χ1n) is 9.91. The lowest BCUT2D eigenvalue weighted by molar-refractivity contribution is -0.138. The normalized spacial score (nSPS) is 15.9. The summed E-state index contributed by atoms with van der Waals surface area (Å²) in [6.07, 6.45) is 1.69. The van der Waals surface area contributed by atoms with Crippen LogP contribution in [0.3, 0.4) is 0 Å². The zero-order valence-corrected chi connectivity index (χ0v) is 19.7. The van der Waals surface area contributed by atoms with Gasteiger partial charge in [-0.05, 0) is 48.4 Å². The van der Waals surface area contributed by atoms with Crippen LogP contribution in [0, 0.1) is 11.3 Å². The van der Waals surface area contributed by atoms with Crippen molar-refractivity contribution in [3.8, 4) is 6.07 Å². The molecule has 3 aromatic rings. The van der Waals surface area contributed by atoms with E-state index in [4.69, 9.17) is 33.7 Å². The average molecular weight is 498 g/mol. The fraction of sp³-hybridized carbons (Fsp3) is 0.125. The van der Waals surface area contributed by atoms with Gasteiger partial charge in [-0.25, -0.2) is 4.79 Å². The third-order valence-corrected chi connectivity index (χ3v) is 6.75. The molecule has 0 amide bonds. The van der Waals surface area contributed by atoms with Gasteiger partial charge >= 0.3 is 5.97 Å². The largest absolute Gasteiger partial charge is 0.463 e. The summed E-state index contributed by atoms with van der Waals surface area (Å²) in [5.41, 5.74) is 7.64. The maximum absolute atomic E-state index is 13.3. The lowest BCUT2D eigenvalue weighted by Crippen LogP contribution is -2.40. The molecule has 33 heavy (non-hydrogen) atoms. The summed E-state index contributed by atoms with van der Waals surface area (Å²) in [6.45, 7) is 1.79. The molecular weight excluding hydrogens is 481 g/mol. The Labute approximate surface area is 203 Å². The number of halogens is 2. The van der Waals surface area contributed by atoms with Crippen LogP contribution in [0.2, 0.25) is 10.0 Å². The summed E-state index contributed by atoms with van der Waals surface area (Å²) >= 11 is 13.1. The summed E-state index contributed by atoms with van der Waals surface area (Å²) in [5, 5.41) is 11.2. The molecule has 6 nitrogen and oxygen atoms in total. The molecule has 2 heterocycles. The SMILES string of the molecule is CCOC(=O)C1=C(N)n2c(sc(=Cc3ccc(Cl)cc3)c2=O)=C(C#N)C1c1ccc(Cl)cc1. The van der Waals surface area contributed by atoms with Gasteiger partial charge in [-0.1, -0.05) is 47.5 Å². The Bertz CT molecular complexity index is 1490. The second-order valence-electron chi connectivity index (χ2n) is 7.14. The van der Waals surface area contributed by atoms with Crippen molar-refractivity contribution in [2.75, 3.05) is 6.61 Å². The second-order valence-corrected chi connectivity index (χ2v) is 9.04. The number of benzene rings is 2. The number of carbonyl (C=O) groups is 1. The van der Waals surface area contributed by atoms with Gasteiger partial charge in [0.25, 0.3) is 5.56 Å². The molecule has 1 atom stereocenters. The van der Waals surface area contributed by atoms with Crippen molar-refractivity contribution in [3.63, 3.8) is 0 Å². The van der Waals surface area contributed by atoms with Crippen LogP contribution in [0.25, 0.3) is 17.5 Å². The number of esters is 1. The molecule has 0 radical (unpaired) electrons. The maximum Gasteiger partial charge on any atom is 0.338 e. The summed E-state index contributed by atoms with van der Waals surface area (Å²) in [7, 11) is 0. The van der Waals surface area contributed by atoms with E-state index in [1.807, 2.05) is 0 Å². The van der Waals surface area contributed by atoms with Crippen molar-refractivity contribution < 1.29 is 9.53 Å². The van der Waals surface area contributed by atoms with Gasteiger partial charge < -0.3 is 10.5 Å². The van der Waals surface area contributed by atoms with Crippen LogP contribution in [0.5, 0.6) is 0 Å². The maximum atomic E-state index is 13.3. The molecule has 1 unspecified atom stereocenters. The van der Waals surface area contributed by atoms with Gasteiger partial charge in [0.05, 0.1) is 34.3 Å². The molecule has 1 aromatic heterocycles. The number of rotatable bonds is 4. The van der Waals surface area contributed by atoms with E-state index >= 15 is 0 Å². The van der Waals surface area contributed by atoms with E-state index < -0.39 is 17.4 Å². The molecule has 0 saturated heterocycles. The van der Waals surface area contributed by atoms with Crippen LogP contribution in [0.1, 0.15) is 24.0 Å². The molecule has 9 heteroatoms. The summed E-state index contributed by atoms with van der Waals surface area (Å²) in [5.74, 6) is -1.54. The van der Waals surface area contributed by atoms with Crippen molar-refractivity contribution in [2.45, 2.75) is 12.8 Å². The van der Waals surface area contributed by atoms with Crippen LogP contribution in [-0.4, -0.2) is 17.1 Å². The summed E-state index contributed by atoms with van der Waals surface area (Å²) < 4.78 is 7.18. The lowest BCUT2D eigenvalue weighted by atomic mass is 9.84. The molecule has 1 aliphatic rings. The Morgan fingerprint density at radius 3 is 2.36 bits per heavy atom. The molecule has 1 aliphatic heterocycles. The van der Waals surface area contributed by atoms with Crippen molar-refractivity contribution in [2.24, 2.45) is 5.73 Å². The molecule has 0 fully saturated rings. The van der Waals surface area contributed by atoms with Crippen molar-refractivity contribution in [1.82, 2.24) is 4.57 Å². The molecule has 0 spiro atoms. The molecule has 166 valence electrons. The van der Waals surface area contributed by atoms with E-state index in [9.17, 15) is 14.9 Å². The standard InChI is InChI=1S/C24H17Cl2N3O3S/c1-2-32-24(31)20-19(14-5-9-16(26)10-6-14)17(12-27)23-29(21(20)28)22(30)18(33-23)11-13-3-7-15(25)8-4-13/h3-11,19H,2,28H2,1H3. The highest BCUT2D eigenvalue weighted by Gasteiger charge is 2.36. The second kappa shape index (κ2) is 9.28. The minimum atomic E-state index is -0.798. The monoisotopic (exact) mass is 497 g/mol. The highest BCUT2D eigenvalue weighted by atomic mass is 35.5. The number of hydrogen-bond donors (Lipinski definition) is 1. The minimum absolute atomic E-state index is 0.0427. The molecule has 0 aliphatic carbocycles. The van der Waals surface area contributed by atoms with Crippen LogP contribution >= 0.6 is 34.5 Å². The predicted molar refractivity (Wildman–Crippen MR) is 130 cm³/mol. The molecular formula is C24H17Cl2N3O3S. The first-order valence-corrected chi connectivity index (χ1v) is 11.5. The Morgan fingerprint density at radius 1 is 1.18 bits per heavy atom. The molecule has 2 N–H and O–H groups in total. The zero-order chi connectivity index (χ0) is 23.7. The number of nitrogens with zero attached hydrogens (tertiary/aromatic N) is 2. The number of thiazole rings is 1. The Balaban J connectivity index is 2.05. The number of nitrogens with two attached hydrogens (primary N) is 1. The average Bonchev–Trinajstić information content (AvgIpc) is 3.12. The number of ether oxygens (including phenoxy) is 1. The quantitative estimate of drug-likeness (QED) is 0.558. The van der Waals surface area contributed by atoms with Gasteiger partial charge in [0, 0.05) is 10.0 Å². The van der Waals surface area contributed by atoms with Crippen molar-refractivity contribution in [1.29, 1.82) is 5.26 Å². The Kier molecular flexibility index (Phi) is 6.43. The number of nitriles is 1. The van der Waals surface area contributed by atoms with E-state index in [0.717, 1.165) is 16.9 Å². The third-order valence-electron chi connectivity index (χ3n) is 5.14. The van der Waals surface area contributed by atoms with Gasteiger partial charge in [-0.15, -0.1) is 11.3 Å². The smallest absolute Gasteiger partial charge is 0.338 e. The Hall–Kier alpha value is -3.31. The summed E-state index contributed by atoms with van der Waals surface area (Å²) in [6, 6.07) is 16.0. The molecule has 4 rings (SSSR count). The zero-order valence-electron chi connectivity index (χ0n) is 17.3. The first kappa shape index (κ1) is 22.9. The number of aromatic nitrogens is 1. The number of hydrogen-bond acceptors (Lipinski definition) is 6. The Morgan fingerprint density at radius 2 is 1.79 bits per heavy atom. The molecule has 2 aromatic carbocycles. The van der Waals surface area contributed by atoms with Gasteiger partial charge in [0.2, 0.25) is 0 Å². The predicted octanol–water partition coefficient (Wildman–Crippen LogP) is 3.21. The van der Waals surface area contributed by atoms with E-state index in [-0.39, 0.29) is 23.6 Å². The van der Waals surface area contributed by atoms with Gasteiger partial charge in [0.15, 0.2) is 0 Å². The van der Waals surface area contributed by atoms with Crippen molar-refractivity contribution >= 4 is 58.0 Å². The van der Waals surface area contributed by atoms with Crippen LogP contribution in [0.4, 0.5) is 0 Å². The number of carbonyl (C=O) groups excluding carboxylic acids is 1. The topological polar surface area (TPSA) is 98.1 Å². The van der Waals surface area contributed by atoms with E-state index in [0.29, 0.717) is 24.8 Å². The minimum Gasteiger partial charge on any atom is -0.463 e. The third kappa shape index (κ3) is 4.21. The van der Waals surface area contributed by atoms with E-state index in [1.165, 1.54) is 4.57 Å². The first-order chi connectivity index (χ1) is 15.8. The molecule has 0 bridgehead atoms.